The minimum absolute atomic E-state index is 0.0617. The van der Waals surface area contributed by atoms with Crippen molar-refractivity contribution in [3.05, 3.63) is 53.1 Å². The van der Waals surface area contributed by atoms with Gasteiger partial charge in [-0.05, 0) is 67.5 Å². The number of nitrogens with zero attached hydrogens (tertiary/aromatic N) is 1. The first-order chi connectivity index (χ1) is 15.4. The Labute approximate surface area is 189 Å². The van der Waals surface area contributed by atoms with E-state index in [4.69, 9.17) is 9.47 Å². The molecule has 1 aromatic heterocycles. The van der Waals surface area contributed by atoms with Crippen LogP contribution in [0.4, 0.5) is 0 Å². The Morgan fingerprint density at radius 2 is 2.22 bits per heavy atom. The molecule has 5 rings (SSSR count). The summed E-state index contributed by atoms with van der Waals surface area (Å²) in [5, 5.41) is 3.20. The number of hydrogen-bond acceptors (Lipinski definition) is 6. The fourth-order valence-electron chi connectivity index (χ4n) is 6.75. The van der Waals surface area contributed by atoms with Crippen LogP contribution in [0, 0.1) is 17.3 Å². The second-order valence-corrected chi connectivity index (χ2v) is 10.1. The number of ketones is 1. The molecular formula is C26H32N2O4. The normalized spacial score (nSPS) is 35.9. The third-order valence-electron chi connectivity index (χ3n) is 8.10. The first-order valence-corrected chi connectivity index (χ1v) is 11.8. The van der Waals surface area contributed by atoms with Gasteiger partial charge in [-0.2, -0.15) is 0 Å². The Balaban J connectivity index is 1.48. The van der Waals surface area contributed by atoms with Gasteiger partial charge in [0.15, 0.2) is 5.78 Å². The minimum Gasteiger partial charge on any atom is -0.489 e. The molecule has 1 aliphatic heterocycles. The van der Waals surface area contributed by atoms with E-state index >= 15 is 0 Å². The van der Waals surface area contributed by atoms with E-state index in [1.54, 1.807) is 6.20 Å². The van der Waals surface area contributed by atoms with Gasteiger partial charge in [0.25, 0.3) is 0 Å². The summed E-state index contributed by atoms with van der Waals surface area (Å²) in [6.07, 6.45) is 9.55. The van der Waals surface area contributed by atoms with Crippen molar-refractivity contribution in [2.24, 2.45) is 17.3 Å². The summed E-state index contributed by atoms with van der Waals surface area (Å²) in [6, 6.07) is 4.05. The molecule has 0 amide bonds. The van der Waals surface area contributed by atoms with Crippen LogP contribution in [0.5, 0.6) is 0 Å². The van der Waals surface area contributed by atoms with Gasteiger partial charge in [0.2, 0.25) is 0 Å². The van der Waals surface area contributed by atoms with E-state index in [1.807, 2.05) is 19.3 Å². The molecule has 6 atom stereocenters. The van der Waals surface area contributed by atoms with Crippen LogP contribution >= 0.6 is 0 Å². The van der Waals surface area contributed by atoms with Gasteiger partial charge < -0.3 is 14.8 Å². The van der Waals surface area contributed by atoms with Gasteiger partial charge in [-0.1, -0.05) is 13.0 Å². The third-order valence-corrected chi connectivity index (χ3v) is 8.10. The van der Waals surface area contributed by atoms with Crippen LogP contribution in [0.2, 0.25) is 0 Å². The number of allylic oxidation sites excluding steroid dienone is 3. The second-order valence-electron chi connectivity index (χ2n) is 10.1. The van der Waals surface area contributed by atoms with Crippen LogP contribution < -0.4 is 5.32 Å². The zero-order chi connectivity index (χ0) is 22.5. The van der Waals surface area contributed by atoms with E-state index in [9.17, 15) is 9.59 Å². The van der Waals surface area contributed by atoms with E-state index < -0.39 is 0 Å². The first kappa shape index (κ1) is 21.4. The molecule has 4 aliphatic rings. The number of pyridine rings is 1. The number of fused-ring (bicyclic) bond motifs is 3. The van der Waals surface area contributed by atoms with Crippen molar-refractivity contribution >= 4 is 11.8 Å². The Bertz CT molecular complexity index is 985. The lowest BCUT2D eigenvalue weighted by atomic mass is 9.61. The molecule has 32 heavy (non-hydrogen) atoms. The van der Waals surface area contributed by atoms with Crippen LogP contribution in [0.1, 0.15) is 57.4 Å². The molecule has 2 fully saturated rings. The molecule has 0 spiro atoms. The maximum absolute atomic E-state index is 12.8. The number of hydrogen-bond donors (Lipinski definition) is 1. The van der Waals surface area contributed by atoms with Crippen molar-refractivity contribution < 1.29 is 19.1 Å². The lowest BCUT2D eigenvalue weighted by Gasteiger charge is -2.48. The van der Waals surface area contributed by atoms with Crippen LogP contribution in [-0.2, 0) is 19.1 Å². The van der Waals surface area contributed by atoms with E-state index in [-0.39, 0.29) is 47.1 Å². The molecule has 1 aromatic rings. The molecule has 2 heterocycles. The number of carbonyl (C=O) groups is 2. The molecule has 0 radical (unpaired) electrons. The topological polar surface area (TPSA) is 77.5 Å². The van der Waals surface area contributed by atoms with Crippen molar-refractivity contribution in [2.45, 2.75) is 64.1 Å². The second kappa shape index (κ2) is 8.14. The predicted molar refractivity (Wildman–Crippen MR) is 120 cm³/mol. The number of rotatable bonds is 4. The third kappa shape index (κ3) is 3.49. The Kier molecular flexibility index (Phi) is 5.44. The molecule has 0 saturated heterocycles. The fraction of sp³-hybridized carbons (Fsp3) is 0.577. The number of carbonyl (C=O) groups excluding carboxylic acids is 2. The maximum Gasteiger partial charge on any atom is 0.302 e. The molecular weight excluding hydrogens is 404 g/mol. The number of nitrogens with one attached hydrogen (secondary N) is 1. The predicted octanol–water partition coefficient (Wildman–Crippen LogP) is 3.69. The van der Waals surface area contributed by atoms with Crippen LogP contribution in [0.3, 0.4) is 0 Å². The highest BCUT2D eigenvalue weighted by Crippen LogP contribution is 2.62. The monoisotopic (exact) mass is 436 g/mol. The smallest absolute Gasteiger partial charge is 0.302 e. The lowest BCUT2D eigenvalue weighted by molar-refractivity contribution is -0.147. The van der Waals surface area contributed by atoms with E-state index in [0.29, 0.717) is 6.42 Å². The number of esters is 1. The van der Waals surface area contributed by atoms with E-state index in [1.165, 1.54) is 12.5 Å². The summed E-state index contributed by atoms with van der Waals surface area (Å²) < 4.78 is 12.5. The molecule has 0 bridgehead atoms. The Morgan fingerprint density at radius 3 is 2.94 bits per heavy atom. The summed E-state index contributed by atoms with van der Waals surface area (Å²) in [4.78, 5) is 29.1. The molecule has 1 N–H and O–H groups in total. The van der Waals surface area contributed by atoms with Gasteiger partial charge >= 0.3 is 5.97 Å². The van der Waals surface area contributed by atoms with Crippen molar-refractivity contribution in [1.82, 2.24) is 10.3 Å². The minimum atomic E-state index is -0.246. The van der Waals surface area contributed by atoms with Crippen molar-refractivity contribution in [3.63, 3.8) is 0 Å². The molecule has 2 saturated carbocycles. The van der Waals surface area contributed by atoms with Gasteiger partial charge in [0.1, 0.15) is 18.0 Å². The van der Waals surface area contributed by atoms with E-state index in [0.717, 1.165) is 49.1 Å². The molecule has 170 valence electrons. The van der Waals surface area contributed by atoms with Gasteiger partial charge in [-0.25, -0.2) is 0 Å². The highest BCUT2D eigenvalue weighted by molar-refractivity contribution is 6.00. The molecule has 0 aromatic carbocycles. The van der Waals surface area contributed by atoms with Crippen LogP contribution in [0.15, 0.2) is 47.5 Å². The molecule has 3 aliphatic carbocycles. The highest BCUT2D eigenvalue weighted by Gasteiger charge is 2.60. The zero-order valence-corrected chi connectivity index (χ0v) is 19.1. The molecule has 1 unspecified atom stereocenters. The summed E-state index contributed by atoms with van der Waals surface area (Å²) in [7, 11) is 1.92. The van der Waals surface area contributed by atoms with Crippen molar-refractivity contribution in [3.8, 4) is 0 Å². The average molecular weight is 437 g/mol. The first-order valence-electron chi connectivity index (χ1n) is 11.8. The summed E-state index contributed by atoms with van der Waals surface area (Å²) >= 11 is 0. The summed E-state index contributed by atoms with van der Waals surface area (Å²) in [5.74, 6) is 1.37. The van der Waals surface area contributed by atoms with Crippen LogP contribution in [-0.4, -0.2) is 42.5 Å². The zero-order valence-electron chi connectivity index (χ0n) is 19.1. The summed E-state index contributed by atoms with van der Waals surface area (Å²) in [6.45, 7) is 4.62. The summed E-state index contributed by atoms with van der Waals surface area (Å²) in [5.41, 5.74) is 3.05. The van der Waals surface area contributed by atoms with Gasteiger partial charge in [0.05, 0.1) is 5.57 Å². The van der Waals surface area contributed by atoms with Gasteiger partial charge in [0, 0.05) is 44.0 Å². The SMILES string of the molecule is CNCC1CC(=O)C2=C(C1)O[C@@H]1C(=C2)CC[C@@]2(C)[C@H]1C[C@@H](OC(C)=O)[C@@H]2c1cccnc1. The number of aromatic nitrogens is 1. The highest BCUT2D eigenvalue weighted by atomic mass is 16.5. The largest absolute Gasteiger partial charge is 0.489 e. The van der Waals surface area contributed by atoms with Gasteiger partial charge in [-0.15, -0.1) is 0 Å². The molecule has 6 heteroatoms. The van der Waals surface area contributed by atoms with Crippen molar-refractivity contribution in [2.75, 3.05) is 13.6 Å². The number of ether oxygens (including phenoxy) is 2. The quantitative estimate of drug-likeness (QED) is 0.726. The maximum atomic E-state index is 12.8. The Morgan fingerprint density at radius 1 is 1.38 bits per heavy atom. The Hall–Kier alpha value is -2.47. The number of Topliss-reactive ketones (excluding diaryl/α,β-unsaturated/α-hetero) is 1. The lowest BCUT2D eigenvalue weighted by Crippen LogP contribution is -2.44. The average Bonchev–Trinajstić information content (AvgIpc) is 3.05. The van der Waals surface area contributed by atoms with Gasteiger partial charge in [-0.3, -0.25) is 14.6 Å². The van der Waals surface area contributed by atoms with Crippen LogP contribution in [0.25, 0.3) is 0 Å². The standard InChI is InChI=1S/C26H32N2O4/c1-15(29)31-23-12-20-25-17(6-7-26(20,2)24(23)18-5-4-8-28-14-18)11-19-21(30)9-16(13-27-3)10-22(19)32-25/h4-5,8,11,14,16,20,23-25,27H,6-7,9-10,12-13H2,1-3H3/t16?,20-,23+,24-,25+,26-/m0/s1. The molecule has 6 nitrogen and oxygen atoms in total. The van der Waals surface area contributed by atoms with E-state index in [2.05, 4.69) is 29.4 Å². The van der Waals surface area contributed by atoms with Crippen molar-refractivity contribution in [1.29, 1.82) is 0 Å². The fourth-order valence-corrected chi connectivity index (χ4v) is 6.75.